The summed E-state index contributed by atoms with van der Waals surface area (Å²) in [6.07, 6.45) is 0.475. The molecule has 1 heterocycles. The predicted octanol–water partition coefficient (Wildman–Crippen LogP) is 2.23. The molecule has 0 amide bonds. The molecule has 0 aliphatic rings. The van der Waals surface area contributed by atoms with Crippen molar-refractivity contribution in [2.45, 2.75) is 12.8 Å². The fourth-order valence-electron chi connectivity index (χ4n) is 1.50. The maximum Gasteiger partial charge on any atom is 0.303 e. The summed E-state index contributed by atoms with van der Waals surface area (Å²) < 4.78 is 5.25. The number of carboxylic acids is 1. The Morgan fingerprint density at radius 2 is 2.17 bits per heavy atom. The molecule has 0 spiro atoms. The summed E-state index contributed by atoms with van der Waals surface area (Å²) >= 11 is 1.39. The van der Waals surface area contributed by atoms with Crippen molar-refractivity contribution < 1.29 is 14.6 Å². The molecule has 0 atom stereocenters. The van der Waals surface area contributed by atoms with E-state index in [1.54, 1.807) is 7.11 Å². The first-order valence-electron chi connectivity index (χ1n) is 5.38. The normalized spacial score (nSPS) is 10.3. The summed E-state index contributed by atoms with van der Waals surface area (Å²) in [5.74, 6) is -0.0949. The average molecular weight is 264 g/mol. The van der Waals surface area contributed by atoms with Gasteiger partial charge in [-0.2, -0.15) is 0 Å². The molecule has 18 heavy (non-hydrogen) atoms. The van der Waals surface area contributed by atoms with Crippen LogP contribution in [0.25, 0.3) is 10.6 Å². The highest BCUT2D eigenvalue weighted by molar-refractivity contribution is 7.14. The second-order valence-corrected chi connectivity index (χ2v) is 4.66. The number of carboxylic acid groups (broad SMARTS) is 1. The Morgan fingerprint density at radius 1 is 1.39 bits per heavy atom. The van der Waals surface area contributed by atoms with Crippen molar-refractivity contribution in [2.75, 3.05) is 7.11 Å². The van der Waals surface area contributed by atoms with E-state index in [0.717, 1.165) is 21.3 Å². The van der Waals surface area contributed by atoms with Crippen LogP contribution < -0.4 is 4.74 Å². The van der Waals surface area contributed by atoms with Crippen LogP contribution in [0.15, 0.2) is 24.3 Å². The molecule has 0 saturated heterocycles. The highest BCUT2D eigenvalue weighted by Crippen LogP contribution is 2.31. The van der Waals surface area contributed by atoms with Crippen LogP contribution in [0.2, 0.25) is 0 Å². The fraction of sp³-hybridized carbons (Fsp3) is 0.250. The number of para-hydroxylation sites is 1. The highest BCUT2D eigenvalue weighted by atomic mass is 32.1. The van der Waals surface area contributed by atoms with Gasteiger partial charge in [0.1, 0.15) is 10.8 Å². The minimum absolute atomic E-state index is 0.0700. The van der Waals surface area contributed by atoms with Gasteiger partial charge < -0.3 is 9.84 Å². The second-order valence-electron chi connectivity index (χ2n) is 3.59. The van der Waals surface area contributed by atoms with Crippen molar-refractivity contribution in [1.82, 2.24) is 10.2 Å². The van der Waals surface area contributed by atoms with E-state index >= 15 is 0 Å². The lowest BCUT2D eigenvalue weighted by atomic mass is 10.2. The fourth-order valence-corrected chi connectivity index (χ4v) is 2.37. The number of aromatic nitrogens is 2. The Hall–Kier alpha value is -1.95. The summed E-state index contributed by atoms with van der Waals surface area (Å²) in [7, 11) is 1.60. The topological polar surface area (TPSA) is 72.3 Å². The van der Waals surface area contributed by atoms with Crippen LogP contribution in [-0.2, 0) is 11.2 Å². The number of carbonyl (C=O) groups is 1. The van der Waals surface area contributed by atoms with E-state index in [4.69, 9.17) is 9.84 Å². The molecule has 0 saturated carbocycles. The third-order valence-corrected chi connectivity index (χ3v) is 3.37. The summed E-state index contributed by atoms with van der Waals surface area (Å²) in [5.41, 5.74) is 0.874. The standard InChI is InChI=1S/C12H12N2O3S/c1-17-9-5-3-2-4-8(9)12-14-13-10(18-12)6-7-11(15)16/h2-5H,6-7H2,1H3,(H,15,16). The molecule has 1 aromatic carbocycles. The van der Waals surface area contributed by atoms with Crippen LogP contribution in [0.3, 0.4) is 0 Å². The number of benzene rings is 1. The van der Waals surface area contributed by atoms with E-state index < -0.39 is 5.97 Å². The highest BCUT2D eigenvalue weighted by Gasteiger charge is 2.11. The minimum atomic E-state index is -0.830. The van der Waals surface area contributed by atoms with Crippen LogP contribution in [0.5, 0.6) is 5.75 Å². The van der Waals surface area contributed by atoms with E-state index in [-0.39, 0.29) is 6.42 Å². The largest absolute Gasteiger partial charge is 0.496 e. The van der Waals surface area contributed by atoms with Gasteiger partial charge >= 0.3 is 5.97 Å². The number of rotatable bonds is 5. The molecular weight excluding hydrogens is 252 g/mol. The third kappa shape index (κ3) is 2.84. The van der Waals surface area contributed by atoms with Gasteiger partial charge in [0.25, 0.3) is 0 Å². The molecule has 6 heteroatoms. The van der Waals surface area contributed by atoms with Gasteiger partial charge in [0.05, 0.1) is 19.1 Å². The van der Waals surface area contributed by atoms with Gasteiger partial charge in [-0.25, -0.2) is 0 Å². The Bertz CT molecular complexity index is 554. The first-order valence-corrected chi connectivity index (χ1v) is 6.20. The molecule has 0 fully saturated rings. The van der Waals surface area contributed by atoms with Crippen molar-refractivity contribution in [2.24, 2.45) is 0 Å². The van der Waals surface area contributed by atoms with Gasteiger partial charge in [0.15, 0.2) is 5.01 Å². The molecule has 2 rings (SSSR count). The number of nitrogens with zero attached hydrogens (tertiary/aromatic N) is 2. The van der Waals surface area contributed by atoms with Crippen LogP contribution in [0, 0.1) is 0 Å². The Kier molecular flexibility index (Phi) is 3.88. The minimum Gasteiger partial charge on any atom is -0.496 e. The van der Waals surface area contributed by atoms with Crippen LogP contribution in [0.4, 0.5) is 0 Å². The van der Waals surface area contributed by atoms with E-state index in [1.165, 1.54) is 11.3 Å². The van der Waals surface area contributed by atoms with Crippen molar-refractivity contribution >= 4 is 17.3 Å². The zero-order chi connectivity index (χ0) is 13.0. The first-order chi connectivity index (χ1) is 8.70. The lowest BCUT2D eigenvalue weighted by molar-refractivity contribution is -0.136. The van der Waals surface area contributed by atoms with Crippen molar-refractivity contribution in [3.8, 4) is 16.3 Å². The van der Waals surface area contributed by atoms with E-state index in [2.05, 4.69) is 10.2 Å². The molecule has 94 valence electrons. The number of hydrogen-bond donors (Lipinski definition) is 1. The lowest BCUT2D eigenvalue weighted by Crippen LogP contribution is -1.96. The average Bonchev–Trinajstić information content (AvgIpc) is 2.85. The van der Waals surface area contributed by atoms with Gasteiger partial charge in [-0.3, -0.25) is 4.79 Å². The summed E-state index contributed by atoms with van der Waals surface area (Å²) in [6.45, 7) is 0. The molecule has 5 nitrogen and oxygen atoms in total. The van der Waals surface area contributed by atoms with Crippen LogP contribution in [-0.4, -0.2) is 28.4 Å². The van der Waals surface area contributed by atoms with E-state index in [0.29, 0.717) is 6.42 Å². The Morgan fingerprint density at radius 3 is 2.89 bits per heavy atom. The van der Waals surface area contributed by atoms with Crippen LogP contribution >= 0.6 is 11.3 Å². The monoisotopic (exact) mass is 264 g/mol. The smallest absolute Gasteiger partial charge is 0.303 e. The van der Waals surface area contributed by atoms with Crippen molar-refractivity contribution in [3.05, 3.63) is 29.3 Å². The maximum absolute atomic E-state index is 10.5. The van der Waals surface area contributed by atoms with E-state index in [1.807, 2.05) is 24.3 Å². The lowest BCUT2D eigenvalue weighted by Gasteiger charge is -2.03. The molecular formula is C12H12N2O3S. The molecule has 0 radical (unpaired) electrons. The number of aliphatic carboxylic acids is 1. The van der Waals surface area contributed by atoms with Crippen LogP contribution in [0.1, 0.15) is 11.4 Å². The molecule has 1 N–H and O–H groups in total. The maximum atomic E-state index is 10.5. The zero-order valence-corrected chi connectivity index (χ0v) is 10.6. The third-order valence-electron chi connectivity index (χ3n) is 2.36. The Labute approximate surface area is 108 Å². The SMILES string of the molecule is COc1ccccc1-c1nnc(CCC(=O)O)s1. The molecule has 0 bridgehead atoms. The number of methoxy groups -OCH3 is 1. The van der Waals surface area contributed by atoms with Gasteiger partial charge in [-0.05, 0) is 12.1 Å². The van der Waals surface area contributed by atoms with Crippen molar-refractivity contribution in [1.29, 1.82) is 0 Å². The van der Waals surface area contributed by atoms with E-state index in [9.17, 15) is 4.79 Å². The van der Waals surface area contributed by atoms with Gasteiger partial charge in [0, 0.05) is 6.42 Å². The van der Waals surface area contributed by atoms with Gasteiger partial charge in [0.2, 0.25) is 0 Å². The molecule has 0 aliphatic carbocycles. The summed E-state index contributed by atoms with van der Waals surface area (Å²) in [5, 5.41) is 18.1. The number of hydrogen-bond acceptors (Lipinski definition) is 5. The Balaban J connectivity index is 2.21. The second kappa shape index (κ2) is 5.59. The predicted molar refractivity (Wildman–Crippen MR) is 67.9 cm³/mol. The summed E-state index contributed by atoms with van der Waals surface area (Å²) in [6, 6.07) is 7.54. The molecule has 0 aliphatic heterocycles. The summed E-state index contributed by atoms with van der Waals surface area (Å²) in [4.78, 5) is 10.5. The quantitative estimate of drug-likeness (QED) is 0.896. The molecule has 0 unspecified atom stereocenters. The van der Waals surface area contributed by atoms with Gasteiger partial charge in [-0.1, -0.05) is 23.5 Å². The first kappa shape index (κ1) is 12.5. The molecule has 1 aromatic heterocycles. The van der Waals surface area contributed by atoms with Gasteiger partial charge in [-0.15, -0.1) is 10.2 Å². The zero-order valence-electron chi connectivity index (χ0n) is 9.79. The molecule has 2 aromatic rings. The number of ether oxygens (including phenoxy) is 1. The van der Waals surface area contributed by atoms with Crippen molar-refractivity contribution in [3.63, 3.8) is 0 Å². The number of aryl methyl sites for hydroxylation is 1.